The molecule has 0 atom stereocenters. The van der Waals surface area contributed by atoms with Crippen LogP contribution in [0, 0.1) is 0 Å². The van der Waals surface area contributed by atoms with E-state index in [-0.39, 0.29) is 5.57 Å². The zero-order valence-corrected chi connectivity index (χ0v) is 12.7. The average molecular weight is 299 g/mol. The van der Waals surface area contributed by atoms with Crippen molar-refractivity contribution in [3.8, 4) is 0 Å². The number of carboxylic acid groups (broad SMARTS) is 1. The second kappa shape index (κ2) is 10.3. The molecule has 0 unspecified atom stereocenters. The zero-order chi connectivity index (χ0) is 15.5. The van der Waals surface area contributed by atoms with Crippen LogP contribution in [0.2, 0.25) is 0 Å². The number of carboxylic acids is 1. The predicted octanol–water partition coefficient (Wildman–Crippen LogP) is 1.45. The standard InChI is InChI=1S/C15H25NO5/c1-2-3-4-9-21-15(19)13(12-14(17)18)5-6-16-7-10-20-11-8-16/h12H,2-11H2,1H3,(H,17,18)/b13-12+. The molecule has 1 aliphatic heterocycles. The van der Waals surface area contributed by atoms with E-state index < -0.39 is 11.9 Å². The first-order chi connectivity index (χ1) is 10.1. The molecule has 21 heavy (non-hydrogen) atoms. The number of esters is 1. The summed E-state index contributed by atoms with van der Waals surface area (Å²) >= 11 is 0. The summed E-state index contributed by atoms with van der Waals surface area (Å²) in [6.07, 6.45) is 4.21. The van der Waals surface area contributed by atoms with Crippen LogP contribution in [0.15, 0.2) is 11.6 Å². The van der Waals surface area contributed by atoms with Crippen LogP contribution in [0.3, 0.4) is 0 Å². The minimum absolute atomic E-state index is 0.227. The number of aliphatic carboxylic acids is 1. The smallest absolute Gasteiger partial charge is 0.334 e. The van der Waals surface area contributed by atoms with Gasteiger partial charge in [-0.25, -0.2) is 9.59 Å². The molecule has 1 rings (SSSR count). The molecule has 6 nitrogen and oxygen atoms in total. The molecule has 1 aliphatic rings. The minimum atomic E-state index is -1.11. The third-order valence-corrected chi connectivity index (χ3v) is 3.34. The summed E-state index contributed by atoms with van der Waals surface area (Å²) in [5.74, 6) is -1.63. The number of ether oxygens (including phenoxy) is 2. The lowest BCUT2D eigenvalue weighted by Crippen LogP contribution is -2.37. The third kappa shape index (κ3) is 7.82. The molecule has 0 amide bonds. The number of hydrogen-bond acceptors (Lipinski definition) is 5. The van der Waals surface area contributed by atoms with Crippen LogP contribution >= 0.6 is 0 Å². The first kappa shape index (κ1) is 17.7. The van der Waals surface area contributed by atoms with Crippen LogP contribution in [0.5, 0.6) is 0 Å². The maximum Gasteiger partial charge on any atom is 0.334 e. The van der Waals surface area contributed by atoms with Crippen LogP contribution < -0.4 is 0 Å². The molecule has 0 aromatic rings. The lowest BCUT2D eigenvalue weighted by molar-refractivity contribution is -0.140. The van der Waals surface area contributed by atoms with E-state index in [2.05, 4.69) is 11.8 Å². The van der Waals surface area contributed by atoms with Gasteiger partial charge in [0.25, 0.3) is 0 Å². The monoisotopic (exact) mass is 299 g/mol. The second-order valence-corrected chi connectivity index (χ2v) is 5.05. The van der Waals surface area contributed by atoms with Crippen molar-refractivity contribution in [3.05, 3.63) is 11.6 Å². The van der Waals surface area contributed by atoms with E-state index in [1.54, 1.807) is 0 Å². The molecular weight excluding hydrogens is 274 g/mol. The van der Waals surface area contributed by atoms with Crippen LogP contribution in [0.4, 0.5) is 0 Å². The molecule has 0 bridgehead atoms. The Labute approximate surface area is 125 Å². The molecular formula is C15H25NO5. The Morgan fingerprint density at radius 3 is 2.62 bits per heavy atom. The third-order valence-electron chi connectivity index (χ3n) is 3.34. The highest BCUT2D eigenvalue weighted by atomic mass is 16.5. The van der Waals surface area contributed by atoms with Crippen molar-refractivity contribution in [2.24, 2.45) is 0 Å². The summed E-state index contributed by atoms with van der Waals surface area (Å²) in [5.41, 5.74) is 0.227. The molecule has 120 valence electrons. The first-order valence-electron chi connectivity index (χ1n) is 7.54. The van der Waals surface area contributed by atoms with Crippen molar-refractivity contribution < 1.29 is 24.2 Å². The van der Waals surface area contributed by atoms with Crippen LogP contribution in [0.1, 0.15) is 32.6 Å². The SMILES string of the molecule is CCCCCOC(=O)/C(=C/C(=O)O)CCN1CCOCC1. The van der Waals surface area contributed by atoms with E-state index in [4.69, 9.17) is 14.6 Å². The molecule has 0 spiro atoms. The van der Waals surface area contributed by atoms with Gasteiger partial charge in [-0.1, -0.05) is 19.8 Å². The number of carbonyl (C=O) groups is 2. The zero-order valence-electron chi connectivity index (χ0n) is 12.7. The Bertz CT molecular complexity index is 361. The Balaban J connectivity index is 2.42. The van der Waals surface area contributed by atoms with Crippen molar-refractivity contribution in [1.29, 1.82) is 0 Å². The van der Waals surface area contributed by atoms with E-state index in [0.717, 1.165) is 38.4 Å². The maximum absolute atomic E-state index is 11.9. The quantitative estimate of drug-likeness (QED) is 0.394. The fourth-order valence-electron chi connectivity index (χ4n) is 2.10. The molecule has 1 saturated heterocycles. The summed E-state index contributed by atoms with van der Waals surface area (Å²) in [4.78, 5) is 24.9. The summed E-state index contributed by atoms with van der Waals surface area (Å²) in [5, 5.41) is 8.86. The number of unbranched alkanes of at least 4 members (excludes halogenated alkanes) is 2. The Hall–Kier alpha value is -1.40. The maximum atomic E-state index is 11.9. The molecule has 0 aliphatic carbocycles. The molecule has 0 aromatic heterocycles. The Morgan fingerprint density at radius 2 is 2.00 bits per heavy atom. The van der Waals surface area contributed by atoms with Crippen molar-refractivity contribution in [3.63, 3.8) is 0 Å². The van der Waals surface area contributed by atoms with Gasteiger partial charge in [0.05, 0.1) is 19.8 Å². The van der Waals surface area contributed by atoms with Crippen LogP contribution in [-0.2, 0) is 19.1 Å². The summed E-state index contributed by atoms with van der Waals surface area (Å²) in [6.45, 7) is 6.05. The van der Waals surface area contributed by atoms with Gasteiger partial charge >= 0.3 is 11.9 Å². The largest absolute Gasteiger partial charge is 0.478 e. The van der Waals surface area contributed by atoms with Gasteiger partial charge in [0.15, 0.2) is 0 Å². The normalized spacial score (nSPS) is 16.7. The number of hydrogen-bond donors (Lipinski definition) is 1. The van der Waals surface area contributed by atoms with Gasteiger partial charge in [0, 0.05) is 31.3 Å². The fraction of sp³-hybridized carbons (Fsp3) is 0.733. The van der Waals surface area contributed by atoms with E-state index in [1.807, 2.05) is 0 Å². The highest BCUT2D eigenvalue weighted by Crippen LogP contribution is 2.09. The molecule has 0 radical (unpaired) electrons. The van der Waals surface area contributed by atoms with Gasteiger partial charge in [-0.3, -0.25) is 4.90 Å². The predicted molar refractivity (Wildman–Crippen MR) is 78.1 cm³/mol. The summed E-state index contributed by atoms with van der Waals surface area (Å²) in [7, 11) is 0. The topological polar surface area (TPSA) is 76.1 Å². The number of rotatable bonds is 9. The van der Waals surface area contributed by atoms with E-state index in [1.165, 1.54) is 0 Å². The van der Waals surface area contributed by atoms with Crippen molar-refractivity contribution in [1.82, 2.24) is 4.90 Å². The highest BCUT2D eigenvalue weighted by Gasteiger charge is 2.16. The molecule has 0 aromatic carbocycles. The van der Waals surface area contributed by atoms with Crippen LogP contribution in [0.25, 0.3) is 0 Å². The number of carbonyl (C=O) groups excluding carboxylic acids is 1. The van der Waals surface area contributed by atoms with Gasteiger partial charge in [-0.15, -0.1) is 0 Å². The van der Waals surface area contributed by atoms with Gasteiger partial charge in [0.1, 0.15) is 0 Å². The van der Waals surface area contributed by atoms with Gasteiger partial charge < -0.3 is 14.6 Å². The van der Waals surface area contributed by atoms with E-state index in [9.17, 15) is 9.59 Å². The Kier molecular flexibility index (Phi) is 8.69. The summed E-state index contributed by atoms with van der Waals surface area (Å²) < 4.78 is 10.4. The number of morpholine rings is 1. The minimum Gasteiger partial charge on any atom is -0.478 e. The number of nitrogens with zero attached hydrogens (tertiary/aromatic N) is 1. The fourth-order valence-corrected chi connectivity index (χ4v) is 2.10. The summed E-state index contributed by atoms with van der Waals surface area (Å²) in [6, 6.07) is 0. The van der Waals surface area contributed by atoms with Gasteiger partial charge in [-0.05, 0) is 12.8 Å². The lowest BCUT2D eigenvalue weighted by Gasteiger charge is -2.26. The van der Waals surface area contributed by atoms with Crippen LogP contribution in [-0.4, -0.2) is 61.4 Å². The van der Waals surface area contributed by atoms with E-state index >= 15 is 0 Å². The Morgan fingerprint density at radius 1 is 1.29 bits per heavy atom. The van der Waals surface area contributed by atoms with Crippen molar-refractivity contribution in [2.75, 3.05) is 39.5 Å². The van der Waals surface area contributed by atoms with Crippen molar-refractivity contribution >= 4 is 11.9 Å². The lowest BCUT2D eigenvalue weighted by atomic mass is 10.1. The van der Waals surface area contributed by atoms with Gasteiger partial charge in [-0.2, -0.15) is 0 Å². The molecule has 1 fully saturated rings. The highest BCUT2D eigenvalue weighted by molar-refractivity contribution is 5.95. The second-order valence-electron chi connectivity index (χ2n) is 5.05. The van der Waals surface area contributed by atoms with Gasteiger partial charge in [0.2, 0.25) is 0 Å². The molecule has 6 heteroatoms. The van der Waals surface area contributed by atoms with E-state index in [0.29, 0.717) is 32.8 Å². The molecule has 1 N–H and O–H groups in total. The molecule has 0 saturated carbocycles. The first-order valence-corrected chi connectivity index (χ1v) is 7.54. The molecule has 1 heterocycles. The average Bonchev–Trinajstić information content (AvgIpc) is 2.48. The van der Waals surface area contributed by atoms with Crippen molar-refractivity contribution in [2.45, 2.75) is 32.6 Å².